The number of halogens is 3. The number of nitrogens with zero attached hydrogens (tertiary/aromatic N) is 2. The van der Waals surface area contributed by atoms with E-state index in [1.165, 1.54) is 34.8 Å². The number of rotatable bonds is 10. The zero-order chi connectivity index (χ0) is 31.3. The van der Waals surface area contributed by atoms with E-state index in [0.717, 1.165) is 6.20 Å². The summed E-state index contributed by atoms with van der Waals surface area (Å²) in [7, 11) is -3.76. The van der Waals surface area contributed by atoms with Crippen molar-refractivity contribution in [2.24, 2.45) is 5.92 Å². The van der Waals surface area contributed by atoms with Crippen LogP contribution in [0.15, 0.2) is 96.2 Å². The van der Waals surface area contributed by atoms with E-state index in [1.54, 1.807) is 61.5 Å². The highest BCUT2D eigenvalue weighted by Crippen LogP contribution is 2.34. The molecule has 0 bridgehead atoms. The number of carbonyl (C=O) groups is 1. The molecule has 4 aromatic rings. The lowest BCUT2D eigenvalue weighted by Crippen LogP contribution is -2.53. The van der Waals surface area contributed by atoms with Crippen LogP contribution in [0.25, 0.3) is 0 Å². The number of carbonyl (C=O) groups excluding carboxylic acids is 1. The van der Waals surface area contributed by atoms with Crippen LogP contribution in [-0.2, 0) is 21.2 Å². The molecular weight excluding hydrogens is 589 g/mol. The average Bonchev–Trinajstić information content (AvgIpc) is 3.03. The molecule has 2 N–H and O–H groups in total. The topological polar surface area (TPSA) is 91.4 Å². The molecule has 44 heavy (non-hydrogen) atoms. The molecule has 1 fully saturated rings. The summed E-state index contributed by atoms with van der Waals surface area (Å²) in [5.74, 6) is -3.19. The van der Waals surface area contributed by atoms with Crippen molar-refractivity contribution in [1.82, 2.24) is 14.6 Å². The first-order chi connectivity index (χ1) is 21.1. The third kappa shape index (κ3) is 7.01. The molecule has 0 saturated carbocycles. The number of sulfonamides is 1. The van der Waals surface area contributed by atoms with Gasteiger partial charge in [0.25, 0.3) is 0 Å². The predicted molar refractivity (Wildman–Crippen MR) is 162 cm³/mol. The number of hydrogen-bond donors (Lipinski definition) is 2. The lowest BCUT2D eigenvalue weighted by Gasteiger charge is -2.35. The zero-order valence-electron chi connectivity index (χ0n) is 24.1. The summed E-state index contributed by atoms with van der Waals surface area (Å²) in [5.41, 5.74) is 1.70. The van der Waals surface area contributed by atoms with E-state index in [2.05, 4.69) is 15.6 Å². The van der Waals surface area contributed by atoms with Crippen molar-refractivity contribution >= 4 is 21.6 Å². The van der Waals surface area contributed by atoms with E-state index in [4.69, 9.17) is 0 Å². The third-order valence-corrected chi connectivity index (χ3v) is 9.97. The van der Waals surface area contributed by atoms with Gasteiger partial charge in [-0.15, -0.1) is 0 Å². The molecule has 1 aliphatic heterocycles. The van der Waals surface area contributed by atoms with Gasteiger partial charge >= 0.3 is 0 Å². The fourth-order valence-electron chi connectivity index (χ4n) is 5.68. The summed E-state index contributed by atoms with van der Waals surface area (Å²) in [6.07, 6.45) is 2.87. The molecule has 11 heteroatoms. The Kier molecular flexibility index (Phi) is 9.77. The summed E-state index contributed by atoms with van der Waals surface area (Å²) >= 11 is 0. The molecule has 3 aromatic carbocycles. The number of aromatic nitrogens is 1. The second kappa shape index (κ2) is 13.7. The molecule has 1 aliphatic rings. The quantitative estimate of drug-likeness (QED) is 0.244. The molecule has 0 unspecified atom stereocenters. The summed E-state index contributed by atoms with van der Waals surface area (Å²) in [6.45, 7) is 2.86. The van der Waals surface area contributed by atoms with E-state index < -0.39 is 51.3 Å². The van der Waals surface area contributed by atoms with Gasteiger partial charge in [0.1, 0.15) is 17.5 Å². The summed E-state index contributed by atoms with van der Waals surface area (Å²) in [5, 5.41) is 6.03. The molecular formula is C33H33F3N4O3S. The smallest absolute Gasteiger partial charge is 0.243 e. The minimum Gasteiger partial charge on any atom is -0.324 e. The molecule has 0 radical (unpaired) electrons. The molecule has 2 atom stereocenters. The van der Waals surface area contributed by atoms with Crippen LogP contribution in [-0.4, -0.2) is 49.3 Å². The van der Waals surface area contributed by atoms with Gasteiger partial charge in [0, 0.05) is 43.1 Å². The second-order valence-electron chi connectivity index (χ2n) is 10.8. The van der Waals surface area contributed by atoms with Gasteiger partial charge in [-0.1, -0.05) is 49.4 Å². The molecule has 0 aliphatic carbocycles. The van der Waals surface area contributed by atoms with Crippen LogP contribution in [0.3, 0.4) is 0 Å². The SMILES string of the molecule is C[C@H](C(=O)Nc1cncc(F)c1CC[C@H]1CNCCN1S(=O)(=O)c1ccccc1)C(c1ccc(F)cc1)c1ccc(F)cc1. The number of pyridine rings is 1. The minimum absolute atomic E-state index is 0.144. The van der Waals surface area contributed by atoms with Gasteiger partial charge in [0.2, 0.25) is 15.9 Å². The largest absolute Gasteiger partial charge is 0.324 e. The van der Waals surface area contributed by atoms with Crippen LogP contribution >= 0.6 is 0 Å². The van der Waals surface area contributed by atoms with Crippen molar-refractivity contribution in [3.63, 3.8) is 0 Å². The maximum absolute atomic E-state index is 15.2. The van der Waals surface area contributed by atoms with Crippen molar-refractivity contribution in [2.45, 2.75) is 36.6 Å². The minimum atomic E-state index is -3.76. The third-order valence-electron chi connectivity index (χ3n) is 8.01. The lowest BCUT2D eigenvalue weighted by atomic mass is 9.81. The molecule has 1 saturated heterocycles. The van der Waals surface area contributed by atoms with Crippen LogP contribution < -0.4 is 10.6 Å². The Morgan fingerprint density at radius 3 is 2.18 bits per heavy atom. The number of piperazine rings is 1. The summed E-state index contributed by atoms with van der Waals surface area (Å²) in [6, 6.07) is 19.3. The Labute approximate surface area is 255 Å². The standard InChI is InChI=1S/C33H33F3N4O3S/c1-22(32(23-7-11-25(34)12-8-23)24-9-13-26(35)14-10-24)33(41)39-31-21-38-20-30(36)29(31)16-15-27-19-37-17-18-40(27)44(42,43)28-5-3-2-4-6-28/h2-14,20-22,27,32,37H,15-19H2,1H3,(H,39,41)/t22-,27-/m0/s1. The van der Waals surface area contributed by atoms with Gasteiger partial charge in [-0.05, 0) is 60.4 Å². The number of anilines is 1. The fraction of sp³-hybridized carbons (Fsp3) is 0.273. The van der Waals surface area contributed by atoms with Crippen molar-refractivity contribution in [3.8, 4) is 0 Å². The average molecular weight is 623 g/mol. The highest BCUT2D eigenvalue weighted by atomic mass is 32.2. The van der Waals surface area contributed by atoms with Crippen LogP contribution in [0, 0.1) is 23.4 Å². The first-order valence-electron chi connectivity index (χ1n) is 14.4. The van der Waals surface area contributed by atoms with Crippen LogP contribution in [0.4, 0.5) is 18.9 Å². The number of benzene rings is 3. The first kappa shape index (κ1) is 31.4. The van der Waals surface area contributed by atoms with E-state index in [1.807, 2.05) is 0 Å². The zero-order valence-corrected chi connectivity index (χ0v) is 24.9. The Balaban J connectivity index is 1.36. The molecule has 1 amide bonds. The molecule has 230 valence electrons. The van der Waals surface area contributed by atoms with Crippen molar-refractivity contribution in [2.75, 3.05) is 25.0 Å². The molecule has 1 aromatic heterocycles. The van der Waals surface area contributed by atoms with E-state index in [9.17, 15) is 22.0 Å². The molecule has 5 rings (SSSR count). The Hall–Kier alpha value is -4.06. The summed E-state index contributed by atoms with van der Waals surface area (Å²) in [4.78, 5) is 17.8. The van der Waals surface area contributed by atoms with Gasteiger partial charge < -0.3 is 10.6 Å². The van der Waals surface area contributed by atoms with Crippen LogP contribution in [0.5, 0.6) is 0 Å². The lowest BCUT2D eigenvalue weighted by molar-refractivity contribution is -0.119. The van der Waals surface area contributed by atoms with Crippen molar-refractivity contribution < 1.29 is 26.4 Å². The van der Waals surface area contributed by atoms with Crippen molar-refractivity contribution in [1.29, 1.82) is 0 Å². The number of nitrogens with one attached hydrogen (secondary N) is 2. The van der Waals surface area contributed by atoms with Gasteiger partial charge in [0.15, 0.2) is 0 Å². The normalized spacial score (nSPS) is 16.5. The molecule has 0 spiro atoms. The predicted octanol–water partition coefficient (Wildman–Crippen LogP) is 5.50. The Bertz CT molecular complexity index is 1640. The first-order valence-corrected chi connectivity index (χ1v) is 15.8. The Morgan fingerprint density at radius 2 is 1.57 bits per heavy atom. The van der Waals surface area contributed by atoms with Gasteiger partial charge in [-0.3, -0.25) is 9.78 Å². The van der Waals surface area contributed by atoms with E-state index in [0.29, 0.717) is 30.6 Å². The van der Waals surface area contributed by atoms with Crippen molar-refractivity contribution in [3.05, 3.63) is 125 Å². The molecule has 7 nitrogen and oxygen atoms in total. The van der Waals surface area contributed by atoms with Gasteiger partial charge in [-0.25, -0.2) is 21.6 Å². The van der Waals surface area contributed by atoms with E-state index in [-0.39, 0.29) is 29.1 Å². The molecule has 2 heterocycles. The second-order valence-corrected chi connectivity index (χ2v) is 12.7. The number of amides is 1. The maximum atomic E-state index is 15.2. The number of hydrogen-bond acceptors (Lipinski definition) is 5. The van der Waals surface area contributed by atoms with Gasteiger partial charge in [0.05, 0.1) is 23.0 Å². The van der Waals surface area contributed by atoms with Gasteiger partial charge in [-0.2, -0.15) is 4.31 Å². The highest BCUT2D eigenvalue weighted by Gasteiger charge is 2.34. The Morgan fingerprint density at radius 1 is 0.955 bits per heavy atom. The van der Waals surface area contributed by atoms with Crippen LogP contribution in [0.2, 0.25) is 0 Å². The fourth-order valence-corrected chi connectivity index (χ4v) is 7.35. The van der Waals surface area contributed by atoms with E-state index >= 15 is 4.39 Å². The monoisotopic (exact) mass is 622 g/mol. The maximum Gasteiger partial charge on any atom is 0.243 e. The highest BCUT2D eigenvalue weighted by molar-refractivity contribution is 7.89. The summed E-state index contributed by atoms with van der Waals surface area (Å²) < 4.78 is 70.9. The van der Waals surface area contributed by atoms with Crippen LogP contribution in [0.1, 0.15) is 36.0 Å².